The van der Waals surface area contributed by atoms with Gasteiger partial charge in [-0.3, -0.25) is 0 Å². The van der Waals surface area contributed by atoms with Crippen molar-refractivity contribution < 1.29 is 9.84 Å². The summed E-state index contributed by atoms with van der Waals surface area (Å²) in [4.78, 5) is 0. The first kappa shape index (κ1) is 6.99. The highest BCUT2D eigenvalue weighted by Gasteiger charge is 2.23. The van der Waals surface area contributed by atoms with Crippen LogP contribution in [-0.2, 0) is 4.74 Å². The Bertz CT molecular complexity index is 97.1. The van der Waals surface area contributed by atoms with Crippen LogP contribution in [0.15, 0.2) is 0 Å². The monoisotopic (exact) mass is 131 g/mol. The Morgan fingerprint density at radius 2 is 2.22 bits per heavy atom. The third kappa shape index (κ3) is 1.64. The molecule has 0 aromatic heterocycles. The highest BCUT2D eigenvalue weighted by molar-refractivity contribution is 4.74. The summed E-state index contributed by atoms with van der Waals surface area (Å²) >= 11 is 0. The number of hydrogen-bond acceptors (Lipinski definition) is 3. The lowest BCUT2D eigenvalue weighted by Crippen LogP contribution is -2.42. The summed E-state index contributed by atoms with van der Waals surface area (Å²) in [5.74, 6) is 0. The summed E-state index contributed by atoms with van der Waals surface area (Å²) in [7, 11) is 0. The molecular weight excluding hydrogens is 118 g/mol. The van der Waals surface area contributed by atoms with E-state index in [1.54, 1.807) is 0 Å². The fourth-order valence-electron chi connectivity index (χ4n) is 0.986. The Balaban J connectivity index is 2.35. The summed E-state index contributed by atoms with van der Waals surface area (Å²) in [5.41, 5.74) is 5.60. The smallest absolute Gasteiger partial charge is 0.155 e. The van der Waals surface area contributed by atoms with Crippen molar-refractivity contribution in [2.75, 3.05) is 0 Å². The minimum atomic E-state index is -0.584. The maximum atomic E-state index is 8.92. The first-order valence-electron chi connectivity index (χ1n) is 3.29. The van der Waals surface area contributed by atoms with E-state index in [4.69, 9.17) is 15.6 Å². The average Bonchev–Trinajstić information content (AvgIpc) is 1.80. The molecule has 0 aromatic rings. The molecule has 3 nitrogen and oxygen atoms in total. The Morgan fingerprint density at radius 3 is 2.67 bits per heavy atom. The quantitative estimate of drug-likeness (QED) is 0.480. The lowest BCUT2D eigenvalue weighted by atomic mass is 10.0. The minimum absolute atomic E-state index is 0.00810. The second-order valence-corrected chi connectivity index (χ2v) is 2.54. The van der Waals surface area contributed by atoms with E-state index in [1.165, 1.54) is 0 Å². The lowest BCUT2D eigenvalue weighted by molar-refractivity contribution is -0.162. The molecule has 3 N–H and O–H groups in total. The molecule has 1 heterocycles. The summed E-state index contributed by atoms with van der Waals surface area (Å²) in [6, 6.07) is 0.105. The predicted molar refractivity (Wildman–Crippen MR) is 33.8 cm³/mol. The number of nitrogens with two attached hydrogens (primary N) is 1. The molecule has 2 unspecified atom stereocenters. The van der Waals surface area contributed by atoms with Gasteiger partial charge in [0.05, 0.1) is 6.10 Å². The van der Waals surface area contributed by atoms with Crippen molar-refractivity contribution >= 4 is 0 Å². The largest absolute Gasteiger partial charge is 0.368 e. The van der Waals surface area contributed by atoms with Gasteiger partial charge in [0.1, 0.15) is 0 Å². The van der Waals surface area contributed by atoms with Crippen molar-refractivity contribution in [3.05, 3.63) is 0 Å². The SMILES string of the molecule is CC1O[C@@H](O)CCC1N. The normalized spacial score (nSPS) is 45.0. The minimum Gasteiger partial charge on any atom is -0.368 e. The summed E-state index contributed by atoms with van der Waals surface area (Å²) in [6.45, 7) is 1.88. The lowest BCUT2D eigenvalue weighted by Gasteiger charge is -2.29. The van der Waals surface area contributed by atoms with E-state index in [0.29, 0.717) is 6.42 Å². The van der Waals surface area contributed by atoms with E-state index in [9.17, 15) is 0 Å². The Hall–Kier alpha value is -0.120. The van der Waals surface area contributed by atoms with Gasteiger partial charge in [0, 0.05) is 6.04 Å². The van der Waals surface area contributed by atoms with Crippen LogP contribution < -0.4 is 5.73 Å². The van der Waals surface area contributed by atoms with Gasteiger partial charge in [-0.25, -0.2) is 0 Å². The molecule has 0 saturated carbocycles. The van der Waals surface area contributed by atoms with Crippen LogP contribution in [0, 0.1) is 0 Å². The zero-order valence-electron chi connectivity index (χ0n) is 5.58. The maximum Gasteiger partial charge on any atom is 0.155 e. The Labute approximate surface area is 54.8 Å². The third-order valence-corrected chi connectivity index (χ3v) is 1.72. The first-order valence-corrected chi connectivity index (χ1v) is 3.29. The summed E-state index contributed by atoms with van der Waals surface area (Å²) in [5, 5.41) is 8.92. The van der Waals surface area contributed by atoms with Crippen molar-refractivity contribution in [1.29, 1.82) is 0 Å². The Kier molecular flexibility index (Phi) is 2.05. The van der Waals surface area contributed by atoms with Crippen LogP contribution in [0.25, 0.3) is 0 Å². The number of aliphatic hydroxyl groups excluding tert-OH is 1. The molecule has 0 aliphatic carbocycles. The number of ether oxygens (including phenoxy) is 1. The molecule has 0 bridgehead atoms. The second-order valence-electron chi connectivity index (χ2n) is 2.54. The predicted octanol–water partition coefficient (Wildman–Crippen LogP) is -0.169. The van der Waals surface area contributed by atoms with Crippen LogP contribution in [0.1, 0.15) is 19.8 Å². The van der Waals surface area contributed by atoms with Crippen LogP contribution in [0.4, 0.5) is 0 Å². The van der Waals surface area contributed by atoms with Crippen molar-refractivity contribution in [3.8, 4) is 0 Å². The zero-order chi connectivity index (χ0) is 6.85. The van der Waals surface area contributed by atoms with Gasteiger partial charge in [-0.2, -0.15) is 0 Å². The average molecular weight is 131 g/mol. The molecule has 54 valence electrons. The van der Waals surface area contributed by atoms with Crippen LogP contribution in [-0.4, -0.2) is 23.5 Å². The van der Waals surface area contributed by atoms with E-state index < -0.39 is 6.29 Å². The van der Waals surface area contributed by atoms with E-state index in [1.807, 2.05) is 6.92 Å². The van der Waals surface area contributed by atoms with Gasteiger partial charge in [-0.05, 0) is 19.8 Å². The molecule has 1 saturated heterocycles. The fraction of sp³-hybridized carbons (Fsp3) is 1.00. The van der Waals surface area contributed by atoms with Crippen molar-refractivity contribution in [1.82, 2.24) is 0 Å². The van der Waals surface area contributed by atoms with Crippen LogP contribution in [0.3, 0.4) is 0 Å². The molecule has 1 fully saturated rings. The van der Waals surface area contributed by atoms with Crippen molar-refractivity contribution in [2.24, 2.45) is 5.73 Å². The van der Waals surface area contributed by atoms with Crippen LogP contribution in [0.5, 0.6) is 0 Å². The van der Waals surface area contributed by atoms with Gasteiger partial charge in [0.2, 0.25) is 0 Å². The highest BCUT2D eigenvalue weighted by atomic mass is 16.6. The molecular formula is C6H13NO2. The molecule has 9 heavy (non-hydrogen) atoms. The van der Waals surface area contributed by atoms with E-state index in [-0.39, 0.29) is 12.1 Å². The topological polar surface area (TPSA) is 55.5 Å². The Morgan fingerprint density at radius 1 is 1.56 bits per heavy atom. The van der Waals surface area contributed by atoms with E-state index in [2.05, 4.69) is 0 Å². The van der Waals surface area contributed by atoms with Gasteiger partial charge >= 0.3 is 0 Å². The standard InChI is InChI=1S/C6H13NO2/c1-4-5(7)2-3-6(8)9-4/h4-6,8H,2-3,7H2,1H3/t4?,5?,6-/m1/s1. The zero-order valence-corrected chi connectivity index (χ0v) is 5.58. The third-order valence-electron chi connectivity index (χ3n) is 1.72. The van der Waals surface area contributed by atoms with Crippen molar-refractivity contribution in [2.45, 2.75) is 38.2 Å². The van der Waals surface area contributed by atoms with Crippen LogP contribution >= 0.6 is 0 Å². The van der Waals surface area contributed by atoms with Crippen molar-refractivity contribution in [3.63, 3.8) is 0 Å². The molecule has 0 amide bonds. The highest BCUT2D eigenvalue weighted by Crippen LogP contribution is 2.15. The fourth-order valence-corrected chi connectivity index (χ4v) is 0.986. The number of rotatable bonds is 0. The molecule has 0 aromatic carbocycles. The van der Waals surface area contributed by atoms with Crippen LogP contribution in [0.2, 0.25) is 0 Å². The summed E-state index contributed by atoms with van der Waals surface area (Å²) in [6.07, 6.45) is 0.960. The molecule has 0 radical (unpaired) electrons. The van der Waals surface area contributed by atoms with Gasteiger partial charge < -0.3 is 15.6 Å². The second kappa shape index (κ2) is 2.64. The van der Waals surface area contributed by atoms with Gasteiger partial charge in [0.25, 0.3) is 0 Å². The van der Waals surface area contributed by atoms with Gasteiger partial charge in [-0.1, -0.05) is 0 Å². The first-order chi connectivity index (χ1) is 4.20. The number of aliphatic hydroxyl groups is 1. The van der Waals surface area contributed by atoms with Gasteiger partial charge in [0.15, 0.2) is 6.29 Å². The molecule has 1 aliphatic heterocycles. The molecule has 0 spiro atoms. The van der Waals surface area contributed by atoms with E-state index in [0.717, 1.165) is 6.42 Å². The molecule has 1 aliphatic rings. The number of hydrogen-bond donors (Lipinski definition) is 2. The summed E-state index contributed by atoms with van der Waals surface area (Å²) < 4.78 is 5.03. The van der Waals surface area contributed by atoms with Gasteiger partial charge in [-0.15, -0.1) is 0 Å². The molecule has 1 rings (SSSR count). The van der Waals surface area contributed by atoms with E-state index >= 15 is 0 Å². The molecule has 3 heteroatoms. The maximum absolute atomic E-state index is 8.92. The molecule has 3 atom stereocenters.